The lowest BCUT2D eigenvalue weighted by molar-refractivity contribution is -0.00379. The number of amides is 1. The van der Waals surface area contributed by atoms with Crippen molar-refractivity contribution in [3.8, 4) is 28.4 Å². The van der Waals surface area contributed by atoms with Crippen molar-refractivity contribution in [2.75, 3.05) is 58.4 Å². The molecule has 0 spiro atoms. The standard InChI is InChI=1S/C28H37FN6O6/c1-6-39-28(37)35-9-10-38-14-19(35)12-31-26-16(2)25(24-17(3)34-41-18(24)4)32-27(33-26)22-11-21(7-8-23(22)29)40-15-20(36)13-30-5/h7-8,11,19-20,30,36H,6,9-10,12-15H2,1-5H3,(H,31,32,33)/t19-,20+/m1/s1. The van der Waals surface area contributed by atoms with E-state index in [1.54, 1.807) is 25.8 Å². The average molecular weight is 573 g/mol. The van der Waals surface area contributed by atoms with Gasteiger partial charge in [-0.25, -0.2) is 19.2 Å². The van der Waals surface area contributed by atoms with E-state index in [4.69, 9.17) is 23.7 Å². The number of nitrogens with zero attached hydrogens (tertiary/aromatic N) is 4. The zero-order valence-electron chi connectivity index (χ0n) is 24.0. The second kappa shape index (κ2) is 13.7. The van der Waals surface area contributed by atoms with Gasteiger partial charge in [-0.15, -0.1) is 0 Å². The van der Waals surface area contributed by atoms with E-state index in [0.29, 0.717) is 72.7 Å². The van der Waals surface area contributed by atoms with Crippen LogP contribution >= 0.6 is 0 Å². The van der Waals surface area contributed by atoms with Crippen molar-refractivity contribution in [2.24, 2.45) is 0 Å². The van der Waals surface area contributed by atoms with Crippen LogP contribution in [0.5, 0.6) is 5.75 Å². The Morgan fingerprint density at radius 1 is 1.29 bits per heavy atom. The third-order valence-electron chi connectivity index (χ3n) is 6.71. The van der Waals surface area contributed by atoms with Gasteiger partial charge in [-0.1, -0.05) is 5.16 Å². The number of aryl methyl sites for hydroxylation is 2. The van der Waals surface area contributed by atoms with E-state index in [-0.39, 0.29) is 30.6 Å². The maximum atomic E-state index is 15.2. The fourth-order valence-electron chi connectivity index (χ4n) is 4.61. The van der Waals surface area contributed by atoms with Crippen molar-refractivity contribution < 1.29 is 33.0 Å². The van der Waals surface area contributed by atoms with Gasteiger partial charge in [0.05, 0.1) is 48.4 Å². The van der Waals surface area contributed by atoms with Gasteiger partial charge in [0.25, 0.3) is 0 Å². The second-order valence-corrected chi connectivity index (χ2v) is 9.73. The van der Waals surface area contributed by atoms with Gasteiger partial charge in [0, 0.05) is 25.2 Å². The zero-order valence-corrected chi connectivity index (χ0v) is 24.0. The minimum atomic E-state index is -0.732. The van der Waals surface area contributed by atoms with Crippen LogP contribution < -0.4 is 15.4 Å². The molecule has 2 atom stereocenters. The number of carbonyl (C=O) groups is 1. The fraction of sp³-hybridized carbons (Fsp3) is 0.500. The lowest BCUT2D eigenvalue weighted by Crippen LogP contribution is -2.52. The third-order valence-corrected chi connectivity index (χ3v) is 6.71. The summed E-state index contributed by atoms with van der Waals surface area (Å²) in [6.07, 6.45) is -1.14. The van der Waals surface area contributed by atoms with Crippen LogP contribution in [0, 0.1) is 26.6 Å². The SMILES string of the molecule is CCOC(=O)N1CCOC[C@H]1CNc1nc(-c2cc(OC[C@@H](O)CNC)ccc2F)nc(-c2c(C)noc2C)c1C. The summed E-state index contributed by atoms with van der Waals surface area (Å²) in [4.78, 5) is 23.6. The number of hydrogen-bond acceptors (Lipinski definition) is 11. The van der Waals surface area contributed by atoms with Crippen molar-refractivity contribution in [2.45, 2.75) is 39.8 Å². The van der Waals surface area contributed by atoms with Gasteiger partial charge in [0.2, 0.25) is 0 Å². The monoisotopic (exact) mass is 572 g/mol. The minimum absolute atomic E-state index is 0.0260. The summed E-state index contributed by atoms with van der Waals surface area (Å²) in [5.74, 6) is 0.954. The summed E-state index contributed by atoms with van der Waals surface area (Å²) in [5.41, 5.74) is 2.67. The number of nitrogens with one attached hydrogen (secondary N) is 2. The predicted molar refractivity (Wildman–Crippen MR) is 149 cm³/mol. The van der Waals surface area contributed by atoms with E-state index in [0.717, 1.165) is 0 Å². The largest absolute Gasteiger partial charge is 0.491 e. The van der Waals surface area contributed by atoms with Crippen molar-refractivity contribution >= 4 is 11.9 Å². The van der Waals surface area contributed by atoms with E-state index in [1.165, 1.54) is 18.2 Å². The molecule has 0 radical (unpaired) electrons. The summed E-state index contributed by atoms with van der Waals surface area (Å²) in [7, 11) is 1.73. The van der Waals surface area contributed by atoms with Crippen molar-refractivity contribution in [1.82, 2.24) is 25.3 Å². The number of hydrogen-bond donors (Lipinski definition) is 3. The number of rotatable bonds is 11. The molecule has 41 heavy (non-hydrogen) atoms. The predicted octanol–water partition coefficient (Wildman–Crippen LogP) is 3.09. The topological polar surface area (TPSA) is 144 Å². The summed E-state index contributed by atoms with van der Waals surface area (Å²) in [6.45, 7) is 9.32. The van der Waals surface area contributed by atoms with E-state index in [1.807, 2.05) is 13.8 Å². The fourth-order valence-corrected chi connectivity index (χ4v) is 4.61. The molecule has 0 aliphatic carbocycles. The first-order valence-corrected chi connectivity index (χ1v) is 13.6. The van der Waals surface area contributed by atoms with Gasteiger partial charge in [0.15, 0.2) is 5.82 Å². The Bertz CT molecular complexity index is 1330. The van der Waals surface area contributed by atoms with Crippen LogP contribution in [0.25, 0.3) is 22.6 Å². The number of morpholine rings is 1. The molecule has 3 N–H and O–H groups in total. The number of aliphatic hydroxyl groups excluding tert-OH is 1. The Hall–Kier alpha value is -3.81. The van der Waals surface area contributed by atoms with Gasteiger partial charge in [-0.3, -0.25) is 4.90 Å². The van der Waals surface area contributed by atoms with Crippen LogP contribution in [0.4, 0.5) is 15.0 Å². The van der Waals surface area contributed by atoms with Gasteiger partial charge in [0.1, 0.15) is 35.9 Å². The van der Waals surface area contributed by atoms with Crippen molar-refractivity contribution in [1.29, 1.82) is 0 Å². The molecule has 3 heterocycles. The summed E-state index contributed by atoms with van der Waals surface area (Å²) in [5, 5.41) is 20.3. The number of halogens is 1. The highest BCUT2D eigenvalue weighted by molar-refractivity contribution is 5.75. The number of ether oxygens (including phenoxy) is 3. The first-order valence-electron chi connectivity index (χ1n) is 13.6. The van der Waals surface area contributed by atoms with E-state index in [2.05, 4.69) is 20.8 Å². The van der Waals surface area contributed by atoms with E-state index in [9.17, 15) is 9.90 Å². The molecule has 0 saturated carbocycles. The van der Waals surface area contributed by atoms with Gasteiger partial charge in [-0.2, -0.15) is 0 Å². The molecule has 2 aromatic heterocycles. The number of likely N-dealkylation sites (N-methyl/N-ethyl adjacent to an activating group) is 1. The molecular formula is C28H37FN6O6. The highest BCUT2D eigenvalue weighted by Crippen LogP contribution is 2.34. The normalized spacial score (nSPS) is 16.0. The molecule has 1 fully saturated rings. The molecule has 1 aliphatic heterocycles. The highest BCUT2D eigenvalue weighted by atomic mass is 19.1. The van der Waals surface area contributed by atoms with Crippen LogP contribution in [-0.4, -0.2) is 96.5 Å². The molecule has 1 aliphatic rings. The molecule has 1 saturated heterocycles. The molecular weight excluding hydrogens is 535 g/mol. The van der Waals surface area contributed by atoms with Crippen molar-refractivity contribution in [3.05, 3.63) is 41.0 Å². The van der Waals surface area contributed by atoms with Crippen LogP contribution in [0.1, 0.15) is 23.9 Å². The number of carbonyl (C=O) groups excluding carboxylic acids is 1. The molecule has 0 bridgehead atoms. The number of anilines is 1. The molecule has 4 rings (SSSR count). The lowest BCUT2D eigenvalue weighted by atomic mass is 10.0. The van der Waals surface area contributed by atoms with Crippen LogP contribution in [0.15, 0.2) is 22.7 Å². The average Bonchev–Trinajstić information content (AvgIpc) is 3.29. The Kier molecular flexibility index (Phi) is 10.1. The quantitative estimate of drug-likeness (QED) is 0.312. The highest BCUT2D eigenvalue weighted by Gasteiger charge is 2.29. The Balaban J connectivity index is 1.70. The first-order chi connectivity index (χ1) is 19.7. The Labute approximate surface area is 238 Å². The van der Waals surface area contributed by atoms with Crippen LogP contribution in [0.3, 0.4) is 0 Å². The number of aliphatic hydroxyl groups is 1. The molecule has 12 nitrogen and oxygen atoms in total. The molecule has 13 heteroatoms. The molecule has 3 aromatic rings. The van der Waals surface area contributed by atoms with E-state index >= 15 is 4.39 Å². The van der Waals surface area contributed by atoms with Crippen molar-refractivity contribution in [3.63, 3.8) is 0 Å². The Morgan fingerprint density at radius 3 is 2.80 bits per heavy atom. The minimum Gasteiger partial charge on any atom is -0.491 e. The molecule has 222 valence electrons. The lowest BCUT2D eigenvalue weighted by Gasteiger charge is -2.35. The van der Waals surface area contributed by atoms with Gasteiger partial charge >= 0.3 is 6.09 Å². The summed E-state index contributed by atoms with van der Waals surface area (Å²) in [6, 6.07) is 3.96. The maximum Gasteiger partial charge on any atom is 0.410 e. The van der Waals surface area contributed by atoms with E-state index < -0.39 is 18.0 Å². The third kappa shape index (κ3) is 7.10. The van der Waals surface area contributed by atoms with Gasteiger partial charge < -0.3 is 34.5 Å². The molecule has 1 amide bonds. The zero-order chi connectivity index (χ0) is 29.5. The number of aromatic nitrogens is 3. The maximum absolute atomic E-state index is 15.2. The Morgan fingerprint density at radius 2 is 2.10 bits per heavy atom. The second-order valence-electron chi connectivity index (χ2n) is 9.73. The first kappa shape index (κ1) is 30.2. The molecule has 0 unspecified atom stereocenters. The van der Waals surface area contributed by atoms with Gasteiger partial charge in [-0.05, 0) is 52.9 Å². The summed E-state index contributed by atoms with van der Waals surface area (Å²) < 4.78 is 37.1. The smallest absolute Gasteiger partial charge is 0.410 e. The molecule has 1 aromatic carbocycles. The summed E-state index contributed by atoms with van der Waals surface area (Å²) >= 11 is 0. The van der Waals surface area contributed by atoms with Crippen LogP contribution in [0.2, 0.25) is 0 Å². The van der Waals surface area contributed by atoms with Crippen LogP contribution in [-0.2, 0) is 9.47 Å². The number of benzene rings is 1.